The predicted molar refractivity (Wildman–Crippen MR) is 67.7 cm³/mol. The standard InChI is InChI=1S/C12H15N3O3/c1-7(11(16)18-3)13-12-14-9-5-4-8(17-2)6-10(9)15-12/h4-7H,1-3H3,(H2,13,14,15). The first-order chi connectivity index (χ1) is 8.63. The second-order valence-electron chi connectivity index (χ2n) is 3.86. The minimum absolute atomic E-state index is 0.340. The number of imidazole rings is 1. The summed E-state index contributed by atoms with van der Waals surface area (Å²) >= 11 is 0. The molecular weight excluding hydrogens is 234 g/mol. The summed E-state index contributed by atoms with van der Waals surface area (Å²) in [5, 5.41) is 2.94. The van der Waals surface area contributed by atoms with Crippen LogP contribution in [0.3, 0.4) is 0 Å². The van der Waals surface area contributed by atoms with E-state index in [-0.39, 0.29) is 5.97 Å². The fourth-order valence-electron chi connectivity index (χ4n) is 1.62. The number of benzene rings is 1. The Morgan fingerprint density at radius 1 is 1.44 bits per heavy atom. The number of carbonyl (C=O) groups is 1. The molecule has 0 aliphatic heterocycles. The van der Waals surface area contributed by atoms with Gasteiger partial charge in [0.25, 0.3) is 0 Å². The Morgan fingerprint density at radius 3 is 2.89 bits per heavy atom. The van der Waals surface area contributed by atoms with E-state index in [4.69, 9.17) is 4.74 Å². The van der Waals surface area contributed by atoms with Gasteiger partial charge in [-0.3, -0.25) is 0 Å². The largest absolute Gasteiger partial charge is 0.497 e. The number of H-pyrrole nitrogens is 1. The van der Waals surface area contributed by atoms with E-state index in [0.717, 1.165) is 16.8 Å². The van der Waals surface area contributed by atoms with Gasteiger partial charge < -0.3 is 19.8 Å². The zero-order valence-corrected chi connectivity index (χ0v) is 10.5. The van der Waals surface area contributed by atoms with Gasteiger partial charge in [0.05, 0.1) is 25.3 Å². The summed E-state index contributed by atoms with van der Waals surface area (Å²) in [4.78, 5) is 18.7. The molecule has 2 rings (SSSR count). The summed E-state index contributed by atoms with van der Waals surface area (Å²) < 4.78 is 9.76. The molecule has 0 spiro atoms. The van der Waals surface area contributed by atoms with Crippen LogP contribution >= 0.6 is 0 Å². The van der Waals surface area contributed by atoms with E-state index in [1.165, 1.54) is 7.11 Å². The molecule has 0 bridgehead atoms. The van der Waals surface area contributed by atoms with Gasteiger partial charge in [0.15, 0.2) is 0 Å². The molecule has 0 aliphatic carbocycles. The maximum Gasteiger partial charge on any atom is 0.328 e. The van der Waals surface area contributed by atoms with Crippen molar-refractivity contribution >= 4 is 23.0 Å². The Bertz CT molecular complexity index is 565. The van der Waals surface area contributed by atoms with Gasteiger partial charge in [0, 0.05) is 6.07 Å². The third-order valence-corrected chi connectivity index (χ3v) is 2.60. The number of aromatic amines is 1. The van der Waals surface area contributed by atoms with Crippen molar-refractivity contribution in [2.24, 2.45) is 0 Å². The third kappa shape index (κ3) is 2.37. The fourth-order valence-corrected chi connectivity index (χ4v) is 1.62. The van der Waals surface area contributed by atoms with E-state index in [9.17, 15) is 4.79 Å². The van der Waals surface area contributed by atoms with Crippen molar-refractivity contribution in [3.63, 3.8) is 0 Å². The highest BCUT2D eigenvalue weighted by Crippen LogP contribution is 2.20. The van der Waals surface area contributed by atoms with Crippen LogP contribution in [-0.2, 0) is 9.53 Å². The lowest BCUT2D eigenvalue weighted by Crippen LogP contribution is -2.27. The quantitative estimate of drug-likeness (QED) is 0.804. The molecule has 1 atom stereocenters. The van der Waals surface area contributed by atoms with Gasteiger partial charge in [-0.15, -0.1) is 0 Å². The molecule has 2 aromatic rings. The third-order valence-electron chi connectivity index (χ3n) is 2.60. The van der Waals surface area contributed by atoms with Crippen molar-refractivity contribution in [3.8, 4) is 5.75 Å². The lowest BCUT2D eigenvalue weighted by atomic mass is 10.3. The maximum atomic E-state index is 11.3. The minimum atomic E-state index is -0.461. The van der Waals surface area contributed by atoms with Crippen molar-refractivity contribution in [3.05, 3.63) is 18.2 Å². The number of nitrogens with zero attached hydrogens (tertiary/aromatic N) is 1. The molecule has 1 heterocycles. The van der Waals surface area contributed by atoms with E-state index in [1.54, 1.807) is 14.0 Å². The Labute approximate surface area is 104 Å². The van der Waals surface area contributed by atoms with Crippen molar-refractivity contribution in [2.45, 2.75) is 13.0 Å². The number of hydrogen-bond donors (Lipinski definition) is 2. The molecule has 0 fully saturated rings. The van der Waals surface area contributed by atoms with Gasteiger partial charge in [-0.05, 0) is 19.1 Å². The van der Waals surface area contributed by atoms with Crippen LogP contribution in [0.5, 0.6) is 5.75 Å². The molecule has 1 aromatic heterocycles. The Balaban J connectivity index is 2.22. The molecule has 6 nitrogen and oxygen atoms in total. The molecule has 0 saturated carbocycles. The van der Waals surface area contributed by atoms with Crippen molar-refractivity contribution in [2.75, 3.05) is 19.5 Å². The normalized spacial score (nSPS) is 12.2. The van der Waals surface area contributed by atoms with Crippen LogP contribution in [0.1, 0.15) is 6.92 Å². The molecule has 2 N–H and O–H groups in total. The average molecular weight is 249 g/mol. The van der Waals surface area contributed by atoms with Crippen molar-refractivity contribution < 1.29 is 14.3 Å². The first-order valence-corrected chi connectivity index (χ1v) is 5.52. The number of esters is 1. The molecular formula is C12H15N3O3. The van der Waals surface area contributed by atoms with Crippen molar-refractivity contribution in [1.82, 2.24) is 9.97 Å². The highest BCUT2D eigenvalue weighted by Gasteiger charge is 2.14. The number of aromatic nitrogens is 2. The monoisotopic (exact) mass is 249 g/mol. The number of fused-ring (bicyclic) bond motifs is 1. The Morgan fingerprint density at radius 2 is 2.22 bits per heavy atom. The molecule has 0 saturated heterocycles. The first kappa shape index (κ1) is 12.2. The van der Waals surface area contributed by atoms with E-state index >= 15 is 0 Å². The number of rotatable bonds is 4. The lowest BCUT2D eigenvalue weighted by Gasteiger charge is -2.09. The van der Waals surface area contributed by atoms with Crippen LogP contribution in [0.2, 0.25) is 0 Å². The minimum Gasteiger partial charge on any atom is -0.497 e. The second kappa shape index (κ2) is 4.95. The molecule has 6 heteroatoms. The summed E-state index contributed by atoms with van der Waals surface area (Å²) in [6, 6.07) is 5.06. The van der Waals surface area contributed by atoms with E-state index < -0.39 is 6.04 Å². The average Bonchev–Trinajstić information content (AvgIpc) is 2.78. The molecule has 1 aromatic carbocycles. The summed E-state index contributed by atoms with van der Waals surface area (Å²) in [7, 11) is 2.96. The first-order valence-electron chi connectivity index (χ1n) is 5.52. The molecule has 18 heavy (non-hydrogen) atoms. The van der Waals surface area contributed by atoms with Gasteiger partial charge in [0.1, 0.15) is 11.8 Å². The Kier molecular flexibility index (Phi) is 3.36. The van der Waals surface area contributed by atoms with Gasteiger partial charge in [0.2, 0.25) is 5.95 Å². The number of hydrogen-bond acceptors (Lipinski definition) is 5. The number of ether oxygens (including phenoxy) is 2. The zero-order valence-electron chi connectivity index (χ0n) is 10.5. The van der Waals surface area contributed by atoms with E-state index in [0.29, 0.717) is 5.95 Å². The van der Waals surface area contributed by atoms with Gasteiger partial charge in [-0.25, -0.2) is 9.78 Å². The SMILES string of the molecule is COC(=O)C(C)Nc1nc2ccc(OC)cc2[nH]1. The summed E-state index contributed by atoms with van der Waals surface area (Å²) in [5.41, 5.74) is 1.64. The van der Waals surface area contributed by atoms with Gasteiger partial charge >= 0.3 is 5.97 Å². The zero-order chi connectivity index (χ0) is 13.1. The fraction of sp³-hybridized carbons (Fsp3) is 0.333. The van der Waals surface area contributed by atoms with Crippen molar-refractivity contribution in [1.29, 1.82) is 0 Å². The van der Waals surface area contributed by atoms with Crippen LogP contribution in [0.4, 0.5) is 5.95 Å². The number of anilines is 1. The number of nitrogens with one attached hydrogen (secondary N) is 2. The van der Waals surface area contributed by atoms with Crippen LogP contribution in [0.25, 0.3) is 11.0 Å². The Hall–Kier alpha value is -2.24. The second-order valence-corrected chi connectivity index (χ2v) is 3.86. The highest BCUT2D eigenvalue weighted by atomic mass is 16.5. The smallest absolute Gasteiger partial charge is 0.328 e. The summed E-state index contributed by atoms with van der Waals surface area (Å²) in [6.45, 7) is 1.71. The van der Waals surface area contributed by atoms with E-state index in [1.807, 2.05) is 18.2 Å². The molecule has 0 aliphatic rings. The van der Waals surface area contributed by atoms with Gasteiger partial charge in [-0.1, -0.05) is 0 Å². The molecule has 0 amide bonds. The summed E-state index contributed by atoms with van der Waals surface area (Å²) in [6.07, 6.45) is 0. The topological polar surface area (TPSA) is 76.2 Å². The maximum absolute atomic E-state index is 11.3. The molecule has 1 unspecified atom stereocenters. The number of methoxy groups -OCH3 is 2. The number of carbonyl (C=O) groups excluding carboxylic acids is 1. The van der Waals surface area contributed by atoms with Crippen LogP contribution in [0.15, 0.2) is 18.2 Å². The van der Waals surface area contributed by atoms with Crippen LogP contribution in [0, 0.1) is 0 Å². The predicted octanol–water partition coefficient (Wildman–Crippen LogP) is 1.54. The van der Waals surface area contributed by atoms with Crippen LogP contribution in [-0.4, -0.2) is 36.2 Å². The summed E-state index contributed by atoms with van der Waals surface area (Å²) in [5.74, 6) is 0.933. The lowest BCUT2D eigenvalue weighted by molar-refractivity contribution is -0.141. The molecule has 96 valence electrons. The van der Waals surface area contributed by atoms with Crippen LogP contribution < -0.4 is 10.1 Å². The highest BCUT2D eigenvalue weighted by molar-refractivity contribution is 5.81. The van der Waals surface area contributed by atoms with Gasteiger partial charge in [-0.2, -0.15) is 0 Å². The van der Waals surface area contributed by atoms with E-state index in [2.05, 4.69) is 20.0 Å². The molecule has 0 radical (unpaired) electrons.